The average Bonchev–Trinajstić information content (AvgIpc) is 2.58. The van der Waals surface area contributed by atoms with Gasteiger partial charge in [-0.2, -0.15) is 0 Å². The SMILES string of the molecule is C=CC1CC(=O)N(C(C)(C)C(=O)OC)C1. The molecule has 1 unspecified atom stereocenters. The Balaban J connectivity index is 2.84. The Morgan fingerprint density at radius 3 is 2.67 bits per heavy atom. The lowest BCUT2D eigenvalue weighted by molar-refractivity contribution is -0.157. The molecule has 0 bridgehead atoms. The highest BCUT2D eigenvalue weighted by atomic mass is 16.5. The molecule has 1 rings (SSSR count). The van der Waals surface area contributed by atoms with Gasteiger partial charge < -0.3 is 9.64 Å². The summed E-state index contributed by atoms with van der Waals surface area (Å²) in [6, 6.07) is 0. The van der Waals surface area contributed by atoms with Crippen molar-refractivity contribution in [1.82, 2.24) is 4.90 Å². The molecule has 1 aliphatic heterocycles. The highest BCUT2D eigenvalue weighted by molar-refractivity contribution is 5.88. The fraction of sp³-hybridized carbons (Fsp3) is 0.636. The molecule has 0 aromatic heterocycles. The predicted octanol–water partition coefficient (Wildman–Crippen LogP) is 0.972. The van der Waals surface area contributed by atoms with Gasteiger partial charge in [0, 0.05) is 18.9 Å². The number of ether oxygens (including phenoxy) is 1. The zero-order valence-electron chi connectivity index (χ0n) is 9.45. The largest absolute Gasteiger partial charge is 0.467 e. The molecule has 1 saturated heterocycles. The van der Waals surface area contributed by atoms with Crippen molar-refractivity contribution in [3.63, 3.8) is 0 Å². The van der Waals surface area contributed by atoms with Gasteiger partial charge in [-0.1, -0.05) is 6.08 Å². The van der Waals surface area contributed by atoms with Crippen molar-refractivity contribution < 1.29 is 14.3 Å². The van der Waals surface area contributed by atoms with Crippen LogP contribution in [0.5, 0.6) is 0 Å². The normalized spacial score (nSPS) is 21.7. The van der Waals surface area contributed by atoms with E-state index >= 15 is 0 Å². The van der Waals surface area contributed by atoms with Gasteiger partial charge in [-0.15, -0.1) is 6.58 Å². The van der Waals surface area contributed by atoms with E-state index < -0.39 is 5.54 Å². The first kappa shape index (κ1) is 11.8. The van der Waals surface area contributed by atoms with Gasteiger partial charge in [0.15, 0.2) is 0 Å². The van der Waals surface area contributed by atoms with Gasteiger partial charge >= 0.3 is 5.97 Å². The summed E-state index contributed by atoms with van der Waals surface area (Å²) in [6.45, 7) is 7.60. The lowest BCUT2D eigenvalue weighted by Crippen LogP contribution is -2.51. The van der Waals surface area contributed by atoms with Crippen LogP contribution in [0.3, 0.4) is 0 Å². The number of carbonyl (C=O) groups excluding carboxylic acids is 2. The summed E-state index contributed by atoms with van der Waals surface area (Å²) in [4.78, 5) is 24.8. The molecule has 1 fully saturated rings. The minimum atomic E-state index is -0.885. The molecule has 1 heterocycles. The molecule has 1 amide bonds. The number of likely N-dealkylation sites (tertiary alicyclic amines) is 1. The first-order valence-corrected chi connectivity index (χ1v) is 4.95. The van der Waals surface area contributed by atoms with Gasteiger partial charge in [0.1, 0.15) is 5.54 Å². The van der Waals surface area contributed by atoms with Crippen molar-refractivity contribution >= 4 is 11.9 Å². The summed E-state index contributed by atoms with van der Waals surface area (Å²) in [7, 11) is 1.33. The molecule has 1 atom stereocenters. The number of rotatable bonds is 3. The summed E-state index contributed by atoms with van der Waals surface area (Å²) >= 11 is 0. The highest BCUT2D eigenvalue weighted by Gasteiger charge is 2.43. The van der Waals surface area contributed by atoms with Crippen molar-refractivity contribution in [2.24, 2.45) is 5.92 Å². The first-order valence-electron chi connectivity index (χ1n) is 4.95. The Labute approximate surface area is 89.9 Å². The third-order valence-electron chi connectivity index (χ3n) is 2.85. The van der Waals surface area contributed by atoms with Crippen molar-refractivity contribution in [3.8, 4) is 0 Å². The zero-order valence-corrected chi connectivity index (χ0v) is 9.45. The topological polar surface area (TPSA) is 46.6 Å². The van der Waals surface area contributed by atoms with Crippen LogP contribution in [0.15, 0.2) is 12.7 Å². The minimum absolute atomic E-state index is 0.0182. The number of hydrogen-bond acceptors (Lipinski definition) is 3. The van der Waals surface area contributed by atoms with Crippen LogP contribution < -0.4 is 0 Å². The van der Waals surface area contributed by atoms with Gasteiger partial charge in [0.25, 0.3) is 0 Å². The number of carbonyl (C=O) groups is 2. The Morgan fingerprint density at radius 2 is 2.27 bits per heavy atom. The van der Waals surface area contributed by atoms with E-state index in [-0.39, 0.29) is 17.8 Å². The van der Waals surface area contributed by atoms with E-state index in [9.17, 15) is 9.59 Å². The van der Waals surface area contributed by atoms with Gasteiger partial charge in [-0.05, 0) is 13.8 Å². The quantitative estimate of drug-likeness (QED) is 0.516. The van der Waals surface area contributed by atoms with Crippen molar-refractivity contribution in [2.45, 2.75) is 25.8 Å². The van der Waals surface area contributed by atoms with Gasteiger partial charge in [-0.25, -0.2) is 4.79 Å². The Kier molecular flexibility index (Phi) is 3.17. The standard InChI is InChI=1S/C11H17NO3/c1-5-8-6-9(13)12(7-8)11(2,3)10(14)15-4/h5,8H,1,6-7H2,2-4H3. The minimum Gasteiger partial charge on any atom is -0.467 e. The molecule has 0 aromatic rings. The number of amides is 1. The van der Waals surface area contributed by atoms with E-state index in [1.807, 2.05) is 0 Å². The second kappa shape index (κ2) is 4.04. The van der Waals surface area contributed by atoms with E-state index in [2.05, 4.69) is 11.3 Å². The predicted molar refractivity (Wildman–Crippen MR) is 56.1 cm³/mol. The maximum absolute atomic E-state index is 11.7. The molecule has 0 aliphatic carbocycles. The van der Waals surface area contributed by atoms with E-state index in [1.165, 1.54) is 7.11 Å². The fourth-order valence-corrected chi connectivity index (χ4v) is 1.79. The molecule has 1 aliphatic rings. The zero-order chi connectivity index (χ0) is 11.6. The van der Waals surface area contributed by atoms with Crippen LogP contribution in [0.1, 0.15) is 20.3 Å². The lowest BCUT2D eigenvalue weighted by atomic mass is 10.0. The van der Waals surface area contributed by atoms with Crippen LogP contribution in [0.25, 0.3) is 0 Å². The van der Waals surface area contributed by atoms with Crippen molar-refractivity contribution in [2.75, 3.05) is 13.7 Å². The van der Waals surface area contributed by atoms with Crippen LogP contribution in [0.2, 0.25) is 0 Å². The molecule has 15 heavy (non-hydrogen) atoms. The molecule has 84 valence electrons. The summed E-state index contributed by atoms with van der Waals surface area (Å²) in [6.07, 6.45) is 2.19. The molecule has 0 spiro atoms. The summed E-state index contributed by atoms with van der Waals surface area (Å²) in [5.74, 6) is -0.266. The average molecular weight is 211 g/mol. The van der Waals surface area contributed by atoms with Crippen molar-refractivity contribution in [3.05, 3.63) is 12.7 Å². The third-order valence-corrected chi connectivity index (χ3v) is 2.85. The van der Waals surface area contributed by atoms with Crippen LogP contribution in [0.4, 0.5) is 0 Å². The van der Waals surface area contributed by atoms with Crippen LogP contribution in [-0.4, -0.2) is 36.0 Å². The van der Waals surface area contributed by atoms with E-state index in [0.29, 0.717) is 13.0 Å². The van der Waals surface area contributed by atoms with E-state index in [4.69, 9.17) is 0 Å². The highest BCUT2D eigenvalue weighted by Crippen LogP contribution is 2.27. The van der Waals surface area contributed by atoms with E-state index in [1.54, 1.807) is 24.8 Å². The number of hydrogen-bond donors (Lipinski definition) is 0. The van der Waals surface area contributed by atoms with Gasteiger partial charge in [0.05, 0.1) is 7.11 Å². The maximum Gasteiger partial charge on any atom is 0.331 e. The molecular weight excluding hydrogens is 194 g/mol. The van der Waals surface area contributed by atoms with Gasteiger partial charge in [0.2, 0.25) is 5.91 Å². The second-order valence-electron chi connectivity index (χ2n) is 4.25. The Hall–Kier alpha value is -1.32. The van der Waals surface area contributed by atoms with Crippen molar-refractivity contribution in [1.29, 1.82) is 0 Å². The molecule has 0 saturated carbocycles. The molecule has 4 nitrogen and oxygen atoms in total. The first-order chi connectivity index (χ1) is 6.93. The summed E-state index contributed by atoms with van der Waals surface area (Å²) in [5.41, 5.74) is -0.885. The molecular formula is C11H17NO3. The van der Waals surface area contributed by atoms with Crippen LogP contribution in [0, 0.1) is 5.92 Å². The third kappa shape index (κ3) is 2.03. The Bertz CT molecular complexity index is 296. The molecule has 0 aromatic carbocycles. The van der Waals surface area contributed by atoms with E-state index in [0.717, 1.165) is 0 Å². The lowest BCUT2D eigenvalue weighted by Gasteiger charge is -2.32. The number of nitrogens with zero attached hydrogens (tertiary/aromatic N) is 1. The number of methoxy groups -OCH3 is 1. The van der Waals surface area contributed by atoms with Crippen LogP contribution >= 0.6 is 0 Å². The monoisotopic (exact) mass is 211 g/mol. The molecule has 4 heteroatoms. The number of esters is 1. The Morgan fingerprint density at radius 1 is 1.67 bits per heavy atom. The summed E-state index contributed by atoms with van der Waals surface area (Å²) < 4.78 is 4.69. The molecule has 0 radical (unpaired) electrons. The smallest absolute Gasteiger partial charge is 0.331 e. The van der Waals surface area contributed by atoms with Crippen LogP contribution in [-0.2, 0) is 14.3 Å². The fourth-order valence-electron chi connectivity index (χ4n) is 1.79. The van der Waals surface area contributed by atoms with Gasteiger partial charge in [-0.3, -0.25) is 4.79 Å². The second-order valence-corrected chi connectivity index (χ2v) is 4.25. The summed E-state index contributed by atoms with van der Waals surface area (Å²) in [5, 5.41) is 0. The maximum atomic E-state index is 11.7. The molecule has 0 N–H and O–H groups in total.